The molecule has 10 nitrogen and oxygen atoms in total. The number of nitrogens with zero attached hydrogens (tertiary/aromatic N) is 3. The van der Waals surface area contributed by atoms with Crippen LogP contribution in [0.5, 0.6) is 0 Å². The average Bonchev–Trinajstić information content (AvgIpc) is 3.49. The first-order chi connectivity index (χ1) is 18.7. The number of aromatic nitrogens is 1. The van der Waals surface area contributed by atoms with E-state index in [2.05, 4.69) is 11.0 Å². The lowest BCUT2D eigenvalue weighted by molar-refractivity contribution is -0.142. The number of hydrogen-bond donors (Lipinski definition) is 0. The monoisotopic (exact) mass is 535 g/mol. The lowest BCUT2D eigenvalue weighted by atomic mass is 9.77. The maximum absolute atomic E-state index is 14.4. The highest BCUT2D eigenvalue weighted by molar-refractivity contribution is 5.97. The van der Waals surface area contributed by atoms with Crippen LogP contribution in [0, 0.1) is 11.8 Å². The molecule has 2 aromatic rings. The summed E-state index contributed by atoms with van der Waals surface area (Å²) in [4.78, 5) is 54.1. The molecule has 206 valence electrons. The minimum Gasteiger partial charge on any atom is -0.466 e. The SMILES string of the molecule is COC(=O)/C=C/C1=CN(CCOC(C)=O)[C@@H]2C[C@H]1[C@@H](C(=O)N1C(=O)OC[C@@H]1C(C)C)n1c2cc2ccccc21. The van der Waals surface area contributed by atoms with Crippen LogP contribution in [0.2, 0.25) is 0 Å². The van der Waals surface area contributed by atoms with Crippen molar-refractivity contribution in [2.24, 2.45) is 11.8 Å². The summed E-state index contributed by atoms with van der Waals surface area (Å²) < 4.78 is 17.4. The predicted octanol–water partition coefficient (Wildman–Crippen LogP) is 3.74. The molecule has 0 N–H and O–H groups in total. The maximum Gasteiger partial charge on any atom is 0.417 e. The quantitative estimate of drug-likeness (QED) is 0.300. The third kappa shape index (κ3) is 4.79. The zero-order chi connectivity index (χ0) is 27.8. The Kier molecular flexibility index (Phi) is 7.20. The van der Waals surface area contributed by atoms with Gasteiger partial charge in [0.05, 0.1) is 25.7 Å². The van der Waals surface area contributed by atoms with Gasteiger partial charge in [0.2, 0.25) is 0 Å². The summed E-state index contributed by atoms with van der Waals surface area (Å²) in [5.41, 5.74) is 2.57. The summed E-state index contributed by atoms with van der Waals surface area (Å²) in [6.45, 7) is 6.09. The van der Waals surface area contributed by atoms with Crippen molar-refractivity contribution in [1.82, 2.24) is 14.4 Å². The van der Waals surface area contributed by atoms with Crippen molar-refractivity contribution in [3.63, 3.8) is 0 Å². The van der Waals surface area contributed by atoms with Crippen LogP contribution < -0.4 is 0 Å². The minimum absolute atomic E-state index is 0.0231. The zero-order valence-corrected chi connectivity index (χ0v) is 22.5. The fourth-order valence-corrected chi connectivity index (χ4v) is 5.95. The van der Waals surface area contributed by atoms with Crippen LogP contribution >= 0.6 is 0 Å². The summed E-state index contributed by atoms with van der Waals surface area (Å²) in [6.07, 6.45) is 4.87. The Balaban J connectivity index is 1.65. The van der Waals surface area contributed by atoms with Gasteiger partial charge in [-0.1, -0.05) is 32.0 Å². The molecule has 0 radical (unpaired) electrons. The molecule has 0 saturated carbocycles. The van der Waals surface area contributed by atoms with Gasteiger partial charge in [-0.15, -0.1) is 0 Å². The molecule has 1 aromatic heterocycles. The Labute approximate surface area is 226 Å². The number of hydrogen-bond acceptors (Lipinski definition) is 8. The molecule has 0 aliphatic carbocycles. The number of esters is 2. The van der Waals surface area contributed by atoms with Gasteiger partial charge >= 0.3 is 18.0 Å². The van der Waals surface area contributed by atoms with Crippen LogP contribution in [-0.2, 0) is 28.6 Å². The molecule has 1 fully saturated rings. The van der Waals surface area contributed by atoms with Gasteiger partial charge in [-0.25, -0.2) is 14.5 Å². The van der Waals surface area contributed by atoms with E-state index in [9.17, 15) is 19.2 Å². The average molecular weight is 536 g/mol. The molecule has 1 aromatic carbocycles. The summed E-state index contributed by atoms with van der Waals surface area (Å²) in [5, 5.41) is 0.980. The summed E-state index contributed by atoms with van der Waals surface area (Å²) in [5.74, 6) is -1.51. The zero-order valence-electron chi connectivity index (χ0n) is 22.5. The lowest BCUT2D eigenvalue weighted by Crippen LogP contribution is -2.51. The number of carbonyl (C=O) groups excluding carboxylic acids is 4. The molecule has 3 aliphatic heterocycles. The van der Waals surface area contributed by atoms with Crippen LogP contribution in [0.25, 0.3) is 10.9 Å². The number of imide groups is 1. The van der Waals surface area contributed by atoms with E-state index < -0.39 is 18.1 Å². The molecule has 5 rings (SSSR count). The van der Waals surface area contributed by atoms with Crippen molar-refractivity contribution >= 4 is 34.8 Å². The number of carbonyl (C=O) groups is 4. The highest BCUT2D eigenvalue weighted by Crippen LogP contribution is 2.50. The number of para-hydroxylation sites is 1. The van der Waals surface area contributed by atoms with Crippen LogP contribution in [-0.4, -0.2) is 71.2 Å². The number of methoxy groups -OCH3 is 1. The van der Waals surface area contributed by atoms with Crippen molar-refractivity contribution in [3.8, 4) is 0 Å². The molecule has 0 unspecified atom stereocenters. The van der Waals surface area contributed by atoms with Gasteiger partial charge in [-0.05, 0) is 41.5 Å². The van der Waals surface area contributed by atoms with Gasteiger partial charge in [0.15, 0.2) is 0 Å². The van der Waals surface area contributed by atoms with E-state index in [4.69, 9.17) is 14.2 Å². The molecule has 2 bridgehead atoms. The van der Waals surface area contributed by atoms with Crippen LogP contribution in [0.4, 0.5) is 4.79 Å². The van der Waals surface area contributed by atoms with Gasteiger partial charge < -0.3 is 23.7 Å². The van der Waals surface area contributed by atoms with Crippen LogP contribution in [0.3, 0.4) is 0 Å². The number of ether oxygens (including phenoxy) is 3. The second kappa shape index (κ2) is 10.6. The molecule has 10 heteroatoms. The van der Waals surface area contributed by atoms with E-state index in [0.717, 1.165) is 22.2 Å². The first-order valence-electron chi connectivity index (χ1n) is 13.2. The van der Waals surface area contributed by atoms with Gasteiger partial charge in [0, 0.05) is 36.3 Å². The lowest BCUT2D eigenvalue weighted by Gasteiger charge is -2.47. The van der Waals surface area contributed by atoms with Crippen LogP contribution in [0.1, 0.15) is 45.0 Å². The molecule has 4 heterocycles. The Morgan fingerprint density at radius 3 is 2.69 bits per heavy atom. The van der Waals surface area contributed by atoms with Gasteiger partial charge in [-0.3, -0.25) is 9.59 Å². The Morgan fingerprint density at radius 2 is 1.97 bits per heavy atom. The Morgan fingerprint density at radius 1 is 1.21 bits per heavy atom. The minimum atomic E-state index is -0.729. The van der Waals surface area contributed by atoms with Crippen molar-refractivity contribution in [2.75, 3.05) is 26.9 Å². The van der Waals surface area contributed by atoms with Crippen molar-refractivity contribution < 1.29 is 33.4 Å². The standard InChI is InChI=1S/C29H33N3O7/c1-17(2)25-16-39-29(36)32(25)28(35)27-21-14-23(24-13-19-7-5-6-8-22(19)31(24)27)30(11-12-38-18(3)33)15-20(21)9-10-26(34)37-4/h5-10,13,15,17,21,23,25,27H,11-12,14,16H2,1-4H3/b10-9+/t21-,23-,25-,27+/m1/s1. The summed E-state index contributed by atoms with van der Waals surface area (Å²) in [7, 11) is 1.31. The number of fused-ring (bicyclic) bond motifs is 6. The molecule has 0 spiro atoms. The normalized spacial score (nSPS) is 24.1. The first-order valence-corrected chi connectivity index (χ1v) is 13.2. The highest BCUT2D eigenvalue weighted by Gasteiger charge is 2.50. The van der Waals surface area contributed by atoms with E-state index in [1.54, 1.807) is 6.08 Å². The van der Waals surface area contributed by atoms with Gasteiger partial charge in [0.1, 0.15) is 19.3 Å². The number of amides is 2. The molecular formula is C29H33N3O7. The number of benzene rings is 1. The van der Waals surface area contributed by atoms with Crippen molar-refractivity contribution in [3.05, 3.63) is 60.0 Å². The summed E-state index contributed by atoms with van der Waals surface area (Å²) in [6, 6.07) is 8.73. The Bertz CT molecular complexity index is 1370. The topological polar surface area (TPSA) is 107 Å². The molecule has 2 amide bonds. The Hall–Kier alpha value is -4.08. The molecule has 39 heavy (non-hydrogen) atoms. The third-order valence-electron chi connectivity index (χ3n) is 7.83. The second-order valence-electron chi connectivity index (χ2n) is 10.5. The number of rotatable bonds is 7. The van der Waals surface area contributed by atoms with E-state index in [-0.39, 0.29) is 49.0 Å². The van der Waals surface area contributed by atoms with Crippen LogP contribution in [0.15, 0.2) is 54.3 Å². The first kappa shape index (κ1) is 26.5. The van der Waals surface area contributed by atoms with Gasteiger partial charge in [0.25, 0.3) is 5.91 Å². The molecule has 4 atom stereocenters. The summed E-state index contributed by atoms with van der Waals surface area (Å²) >= 11 is 0. The molecular weight excluding hydrogens is 502 g/mol. The fourth-order valence-electron chi connectivity index (χ4n) is 5.95. The van der Waals surface area contributed by atoms with E-state index in [1.165, 1.54) is 25.0 Å². The number of cyclic esters (lactones) is 1. The molecule has 3 aliphatic rings. The predicted molar refractivity (Wildman–Crippen MR) is 141 cm³/mol. The highest BCUT2D eigenvalue weighted by atomic mass is 16.6. The smallest absolute Gasteiger partial charge is 0.417 e. The largest absolute Gasteiger partial charge is 0.466 e. The maximum atomic E-state index is 14.4. The second-order valence-corrected chi connectivity index (χ2v) is 10.5. The van der Waals surface area contributed by atoms with Gasteiger partial charge in [-0.2, -0.15) is 0 Å². The van der Waals surface area contributed by atoms with E-state index >= 15 is 0 Å². The van der Waals surface area contributed by atoms with E-state index in [0.29, 0.717) is 13.0 Å². The van der Waals surface area contributed by atoms with Crippen molar-refractivity contribution in [2.45, 2.75) is 45.3 Å². The molecule has 1 saturated heterocycles. The number of allylic oxidation sites excluding steroid dienone is 2. The van der Waals surface area contributed by atoms with Crippen molar-refractivity contribution in [1.29, 1.82) is 0 Å². The fraction of sp³-hybridized carbons (Fsp3) is 0.448. The van der Waals surface area contributed by atoms with E-state index in [1.807, 2.05) is 48.9 Å². The third-order valence-corrected chi connectivity index (χ3v) is 7.83.